The number of nitrogens with one attached hydrogen (secondary N) is 1. The summed E-state index contributed by atoms with van der Waals surface area (Å²) in [6.07, 6.45) is -3.43. The lowest BCUT2D eigenvalue weighted by molar-refractivity contribution is -0.134. The van der Waals surface area contributed by atoms with E-state index in [0.29, 0.717) is 5.95 Å². The Balaban J connectivity index is 2.48. The van der Waals surface area contributed by atoms with Crippen LogP contribution >= 0.6 is 0 Å². The topological polar surface area (TPSA) is 50.7 Å². The molecule has 0 aliphatic rings. The number of hydrogen-bond acceptors (Lipinski definition) is 4. The van der Waals surface area contributed by atoms with Crippen LogP contribution < -0.4 is 5.32 Å². The maximum atomic E-state index is 11.9. The van der Waals surface area contributed by atoms with E-state index in [9.17, 15) is 13.2 Å². The monoisotopic (exact) mass is 262 g/mol. The third kappa shape index (κ3) is 4.85. The highest BCUT2D eigenvalue weighted by atomic mass is 19.4. The Morgan fingerprint density at radius 1 is 1.06 bits per heavy atom. The van der Waals surface area contributed by atoms with Gasteiger partial charge in [0, 0.05) is 13.0 Å². The van der Waals surface area contributed by atoms with Gasteiger partial charge < -0.3 is 5.32 Å². The molecule has 1 heterocycles. The molecule has 0 radical (unpaired) electrons. The third-order valence-corrected chi connectivity index (χ3v) is 2.43. The molecule has 0 bridgehead atoms. The fourth-order valence-electron chi connectivity index (χ4n) is 1.50. The Bertz CT molecular complexity index is 379. The first-order valence-corrected chi connectivity index (χ1v) is 5.99. The number of aryl methyl sites for hydroxylation is 2. The minimum atomic E-state index is -4.11. The highest BCUT2D eigenvalue weighted by Gasteiger charge is 2.25. The second-order valence-corrected chi connectivity index (χ2v) is 3.88. The first kappa shape index (κ1) is 14.7. The van der Waals surface area contributed by atoms with Crippen molar-refractivity contribution in [2.24, 2.45) is 0 Å². The van der Waals surface area contributed by atoms with E-state index in [4.69, 9.17) is 0 Å². The van der Waals surface area contributed by atoms with E-state index in [1.54, 1.807) is 0 Å². The molecule has 4 nitrogen and oxygen atoms in total. The molecule has 7 heteroatoms. The number of hydrogen-bond donors (Lipinski definition) is 1. The summed E-state index contributed by atoms with van der Waals surface area (Å²) in [4.78, 5) is 4.23. The number of halogens is 3. The minimum absolute atomic E-state index is 0.00382. The molecule has 0 aliphatic carbocycles. The van der Waals surface area contributed by atoms with Crippen molar-refractivity contribution >= 4 is 5.95 Å². The number of aromatic nitrogens is 3. The molecule has 0 saturated carbocycles. The van der Waals surface area contributed by atoms with Crippen molar-refractivity contribution in [3.63, 3.8) is 0 Å². The standard InChI is InChI=1S/C11H17F3N4/c1-3-8-9(4-2)17-18-10(16-8)15-7-5-6-11(12,13)14/h3-7H2,1-2H3,(H,15,16,18). The van der Waals surface area contributed by atoms with Crippen molar-refractivity contribution in [3.05, 3.63) is 11.4 Å². The lowest BCUT2D eigenvalue weighted by Crippen LogP contribution is -2.13. The average Bonchev–Trinajstić information content (AvgIpc) is 2.33. The molecule has 1 aromatic heterocycles. The zero-order valence-corrected chi connectivity index (χ0v) is 10.5. The second-order valence-electron chi connectivity index (χ2n) is 3.88. The van der Waals surface area contributed by atoms with Crippen molar-refractivity contribution < 1.29 is 13.2 Å². The van der Waals surface area contributed by atoms with E-state index in [1.165, 1.54) is 0 Å². The van der Waals surface area contributed by atoms with E-state index in [-0.39, 0.29) is 13.0 Å². The second kappa shape index (κ2) is 6.51. The lowest BCUT2D eigenvalue weighted by atomic mass is 10.2. The van der Waals surface area contributed by atoms with Crippen molar-refractivity contribution in [3.8, 4) is 0 Å². The molecule has 0 atom stereocenters. The molecule has 1 rings (SSSR count). The van der Waals surface area contributed by atoms with Crippen LogP contribution in [0.4, 0.5) is 19.1 Å². The molecule has 1 aromatic rings. The maximum Gasteiger partial charge on any atom is 0.389 e. The third-order valence-electron chi connectivity index (χ3n) is 2.43. The summed E-state index contributed by atoms with van der Waals surface area (Å²) >= 11 is 0. The Hall–Kier alpha value is -1.40. The summed E-state index contributed by atoms with van der Waals surface area (Å²) in [5.74, 6) is 0.297. The summed E-state index contributed by atoms with van der Waals surface area (Å²) in [6.45, 7) is 4.10. The van der Waals surface area contributed by atoms with Gasteiger partial charge in [-0.05, 0) is 19.3 Å². The summed E-state index contributed by atoms with van der Waals surface area (Å²) in [7, 11) is 0. The van der Waals surface area contributed by atoms with Gasteiger partial charge in [-0.1, -0.05) is 13.8 Å². The van der Waals surface area contributed by atoms with Crippen molar-refractivity contribution in [1.29, 1.82) is 0 Å². The predicted molar refractivity (Wildman–Crippen MR) is 62.4 cm³/mol. The molecule has 0 spiro atoms. The Labute approximate surface area is 104 Å². The number of nitrogens with zero attached hydrogens (tertiary/aromatic N) is 3. The van der Waals surface area contributed by atoms with E-state index in [1.807, 2.05) is 13.8 Å². The van der Waals surface area contributed by atoms with Crippen LogP contribution in [0.3, 0.4) is 0 Å². The van der Waals surface area contributed by atoms with Gasteiger partial charge in [-0.2, -0.15) is 18.3 Å². The van der Waals surface area contributed by atoms with E-state index in [2.05, 4.69) is 20.5 Å². The average molecular weight is 262 g/mol. The molecule has 1 N–H and O–H groups in total. The molecule has 0 aliphatic heterocycles. The largest absolute Gasteiger partial charge is 0.389 e. The Kier molecular flexibility index (Phi) is 5.30. The van der Waals surface area contributed by atoms with Crippen LogP contribution in [0.5, 0.6) is 0 Å². The molecular weight excluding hydrogens is 245 g/mol. The van der Waals surface area contributed by atoms with Crippen LogP contribution in [0.2, 0.25) is 0 Å². The first-order valence-electron chi connectivity index (χ1n) is 5.99. The van der Waals surface area contributed by atoms with Crippen LogP contribution in [-0.4, -0.2) is 27.9 Å². The molecular formula is C11H17F3N4. The summed E-state index contributed by atoms with van der Waals surface area (Å²) in [5, 5.41) is 10.6. The van der Waals surface area contributed by atoms with Crippen molar-refractivity contribution in [2.75, 3.05) is 11.9 Å². The van der Waals surface area contributed by atoms with Gasteiger partial charge in [0.1, 0.15) is 0 Å². The fraction of sp³-hybridized carbons (Fsp3) is 0.727. The van der Waals surface area contributed by atoms with Crippen molar-refractivity contribution in [2.45, 2.75) is 45.7 Å². The van der Waals surface area contributed by atoms with Gasteiger partial charge >= 0.3 is 6.18 Å². The lowest BCUT2D eigenvalue weighted by Gasteiger charge is -2.08. The van der Waals surface area contributed by atoms with Crippen LogP contribution in [-0.2, 0) is 12.8 Å². The number of anilines is 1. The minimum Gasteiger partial charge on any atom is -0.353 e. The van der Waals surface area contributed by atoms with Crippen LogP contribution in [0.25, 0.3) is 0 Å². The van der Waals surface area contributed by atoms with Gasteiger partial charge in [-0.15, -0.1) is 5.10 Å². The predicted octanol–water partition coefficient (Wildman–Crippen LogP) is 2.75. The van der Waals surface area contributed by atoms with Gasteiger partial charge in [0.2, 0.25) is 5.95 Å². The van der Waals surface area contributed by atoms with Gasteiger partial charge in [0.15, 0.2) is 0 Å². The molecule has 102 valence electrons. The zero-order chi connectivity index (χ0) is 13.6. The Morgan fingerprint density at radius 3 is 2.28 bits per heavy atom. The highest BCUT2D eigenvalue weighted by molar-refractivity contribution is 5.25. The van der Waals surface area contributed by atoms with Crippen LogP contribution in [0.1, 0.15) is 38.1 Å². The molecule has 0 amide bonds. The number of rotatable bonds is 6. The zero-order valence-electron chi connectivity index (χ0n) is 10.5. The molecule has 0 saturated heterocycles. The normalized spacial score (nSPS) is 11.6. The summed E-state index contributed by atoms with van der Waals surface area (Å²) in [5.41, 5.74) is 1.67. The highest BCUT2D eigenvalue weighted by Crippen LogP contribution is 2.21. The van der Waals surface area contributed by atoms with Crippen LogP contribution in [0, 0.1) is 0 Å². The van der Waals surface area contributed by atoms with Gasteiger partial charge in [-0.25, -0.2) is 4.98 Å². The van der Waals surface area contributed by atoms with Gasteiger partial charge in [0.05, 0.1) is 11.4 Å². The fourth-order valence-corrected chi connectivity index (χ4v) is 1.50. The van der Waals surface area contributed by atoms with E-state index < -0.39 is 12.6 Å². The Morgan fingerprint density at radius 2 is 1.72 bits per heavy atom. The quantitative estimate of drug-likeness (QED) is 0.801. The maximum absolute atomic E-state index is 11.9. The van der Waals surface area contributed by atoms with E-state index in [0.717, 1.165) is 24.2 Å². The van der Waals surface area contributed by atoms with Gasteiger partial charge in [0.25, 0.3) is 0 Å². The molecule has 18 heavy (non-hydrogen) atoms. The van der Waals surface area contributed by atoms with Crippen LogP contribution in [0.15, 0.2) is 0 Å². The molecule has 0 fully saturated rings. The van der Waals surface area contributed by atoms with Crippen molar-refractivity contribution in [1.82, 2.24) is 15.2 Å². The smallest absolute Gasteiger partial charge is 0.353 e. The van der Waals surface area contributed by atoms with Gasteiger partial charge in [-0.3, -0.25) is 0 Å². The van der Waals surface area contributed by atoms with E-state index >= 15 is 0 Å². The number of alkyl halides is 3. The SMILES string of the molecule is CCc1nnc(NCCCC(F)(F)F)nc1CC. The summed E-state index contributed by atoms with van der Waals surface area (Å²) < 4.78 is 35.8. The summed E-state index contributed by atoms with van der Waals surface area (Å²) in [6, 6.07) is 0. The molecule has 0 aromatic carbocycles. The molecule has 0 unspecified atom stereocenters. The first-order chi connectivity index (χ1) is 8.46.